The van der Waals surface area contributed by atoms with Gasteiger partial charge in [-0.1, -0.05) is 42.5 Å². The lowest BCUT2D eigenvalue weighted by Crippen LogP contribution is -2.47. The molecule has 0 bridgehead atoms. The van der Waals surface area contributed by atoms with Crippen LogP contribution in [-0.2, 0) is 57.0 Å². The van der Waals surface area contributed by atoms with Crippen LogP contribution in [0.1, 0.15) is 75.8 Å². The lowest BCUT2D eigenvalue weighted by Gasteiger charge is -2.37. The molecule has 0 radical (unpaired) electrons. The third-order valence-corrected chi connectivity index (χ3v) is 12.5. The highest BCUT2D eigenvalue weighted by Gasteiger charge is 2.56. The minimum atomic E-state index is -4.77. The summed E-state index contributed by atoms with van der Waals surface area (Å²) in [6, 6.07) is 12.6. The maximum Gasteiger partial charge on any atom is 0.421 e. The van der Waals surface area contributed by atoms with Gasteiger partial charge in [-0.3, -0.25) is 0 Å². The molecule has 1 nitrogen and oxygen atoms in total. The van der Waals surface area contributed by atoms with E-state index >= 15 is 13.2 Å². The fraction of sp³-hybridized carbons (Fsp3) is 0.455. The van der Waals surface area contributed by atoms with E-state index in [2.05, 4.69) is 12.1 Å². The predicted molar refractivity (Wildman–Crippen MR) is 148 cm³/mol. The molecule has 0 fully saturated rings. The molecule has 4 aliphatic carbocycles. The van der Waals surface area contributed by atoms with E-state index in [-0.39, 0.29) is 11.7 Å². The summed E-state index contributed by atoms with van der Waals surface area (Å²) in [6.45, 7) is 0. The van der Waals surface area contributed by atoms with Gasteiger partial charge in [-0.15, -0.1) is 0 Å². The van der Waals surface area contributed by atoms with E-state index in [1.54, 1.807) is 18.2 Å². The van der Waals surface area contributed by atoms with Gasteiger partial charge in [-0.05, 0) is 146 Å². The van der Waals surface area contributed by atoms with Crippen LogP contribution in [0, 0.1) is 0 Å². The van der Waals surface area contributed by atoms with Crippen molar-refractivity contribution < 1.29 is 18.3 Å². The Balaban J connectivity index is 1.52. The van der Waals surface area contributed by atoms with Crippen LogP contribution in [0.3, 0.4) is 0 Å². The van der Waals surface area contributed by atoms with E-state index in [9.17, 15) is 5.11 Å². The minimum Gasteiger partial charge on any atom is -0.376 e. The molecule has 5 heteroatoms. The van der Waals surface area contributed by atoms with Gasteiger partial charge >= 0.3 is 6.18 Å². The molecule has 0 amide bonds. The van der Waals surface area contributed by atoms with Crippen molar-refractivity contribution in [3.63, 3.8) is 0 Å². The van der Waals surface area contributed by atoms with Gasteiger partial charge in [-0.2, -0.15) is 13.2 Å². The number of aryl methyl sites for hydroxylation is 4. The first-order valence-corrected chi connectivity index (χ1v) is 15.8. The second-order valence-electron chi connectivity index (χ2n) is 11.7. The molecular weight excluding hydrogens is 500 g/mol. The molecule has 0 heterocycles. The normalized spacial score (nSPS) is 19.4. The van der Waals surface area contributed by atoms with Crippen LogP contribution in [0.4, 0.5) is 13.2 Å². The zero-order chi connectivity index (χ0) is 26.1. The summed E-state index contributed by atoms with van der Waals surface area (Å²) in [5.41, 5.74) is 7.76. The number of alkyl halides is 3. The second kappa shape index (κ2) is 9.20. The Labute approximate surface area is 224 Å². The van der Waals surface area contributed by atoms with Gasteiger partial charge in [0.2, 0.25) is 0 Å². The molecule has 1 N–H and O–H groups in total. The van der Waals surface area contributed by atoms with E-state index < -0.39 is 19.7 Å². The number of hydrogen-bond donors (Lipinski definition) is 1. The van der Waals surface area contributed by atoms with E-state index in [1.807, 2.05) is 0 Å². The quantitative estimate of drug-likeness (QED) is 0.370. The van der Waals surface area contributed by atoms with E-state index in [4.69, 9.17) is 0 Å². The third kappa shape index (κ3) is 3.81. The molecule has 3 aromatic rings. The Kier molecular flexibility index (Phi) is 6.02. The summed E-state index contributed by atoms with van der Waals surface area (Å²) >= 11 is 0. The molecule has 38 heavy (non-hydrogen) atoms. The highest BCUT2D eigenvalue weighted by molar-refractivity contribution is 7.73. The molecule has 0 aromatic heterocycles. The largest absolute Gasteiger partial charge is 0.421 e. The Morgan fingerprint density at radius 1 is 0.605 bits per heavy atom. The maximum absolute atomic E-state index is 15.0. The molecule has 4 aliphatic rings. The predicted octanol–water partition coefficient (Wildman–Crippen LogP) is 6.52. The molecule has 0 saturated heterocycles. The molecule has 0 spiro atoms. The zero-order valence-electron chi connectivity index (χ0n) is 21.8. The first-order chi connectivity index (χ1) is 18.3. The van der Waals surface area contributed by atoms with Crippen molar-refractivity contribution >= 4 is 18.5 Å². The fourth-order valence-corrected chi connectivity index (χ4v) is 11.5. The van der Waals surface area contributed by atoms with Crippen LogP contribution in [0.5, 0.6) is 0 Å². The first-order valence-electron chi connectivity index (χ1n) is 14.3. The fourth-order valence-electron chi connectivity index (χ4n) is 7.78. The average Bonchev–Trinajstić information content (AvgIpc) is 3.71. The number of hydrogen-bond acceptors (Lipinski definition) is 1. The number of aliphatic hydroxyl groups is 1. The number of rotatable bonds is 5. The lowest BCUT2D eigenvalue weighted by molar-refractivity contribution is -0.256. The molecule has 198 valence electrons. The summed E-state index contributed by atoms with van der Waals surface area (Å²) in [5.74, 6) is 0. The highest BCUT2D eigenvalue weighted by Crippen LogP contribution is 2.53. The third-order valence-electron chi connectivity index (χ3n) is 9.53. The van der Waals surface area contributed by atoms with Crippen LogP contribution >= 0.6 is 7.92 Å². The van der Waals surface area contributed by atoms with Crippen molar-refractivity contribution in [3.05, 3.63) is 92.5 Å². The van der Waals surface area contributed by atoms with Crippen LogP contribution in [0.15, 0.2) is 42.5 Å². The molecule has 1 unspecified atom stereocenters. The Morgan fingerprint density at radius 3 is 1.37 bits per heavy atom. The summed E-state index contributed by atoms with van der Waals surface area (Å²) in [7, 11) is -1.41. The molecule has 7 rings (SSSR count). The van der Waals surface area contributed by atoms with Gasteiger partial charge in [-0.25, -0.2) is 0 Å². The van der Waals surface area contributed by atoms with Crippen LogP contribution < -0.4 is 10.6 Å². The van der Waals surface area contributed by atoms with Crippen molar-refractivity contribution in [3.8, 4) is 0 Å². The molecule has 3 aromatic carbocycles. The Hall–Kier alpha value is -2.16. The van der Waals surface area contributed by atoms with Crippen molar-refractivity contribution in [2.75, 3.05) is 6.16 Å². The van der Waals surface area contributed by atoms with Crippen molar-refractivity contribution in [1.29, 1.82) is 0 Å². The summed E-state index contributed by atoms with van der Waals surface area (Å²) in [4.78, 5) is 0. The van der Waals surface area contributed by atoms with Gasteiger partial charge in [0.1, 0.15) is 0 Å². The van der Waals surface area contributed by atoms with E-state index in [1.165, 1.54) is 67.2 Å². The highest BCUT2D eigenvalue weighted by atomic mass is 31.1. The lowest BCUT2D eigenvalue weighted by atomic mass is 9.95. The molecule has 0 aliphatic heterocycles. The van der Waals surface area contributed by atoms with Gasteiger partial charge < -0.3 is 5.11 Å². The van der Waals surface area contributed by atoms with Gasteiger partial charge in [0.25, 0.3) is 0 Å². The standard InChI is InChI=1S/C33H34F3OP/c34-33(35,36)32(37,25-12-2-1-3-13-25)20-38(30-26-14-4-8-21(26)18-22-9-5-15-27(22)30)31-28-16-6-10-23(28)19-24-11-7-17-29(24)31/h1-3,12-13,18-19,37H,4-11,14-17,20H2. The van der Waals surface area contributed by atoms with Gasteiger partial charge in [0, 0.05) is 6.16 Å². The molecule has 0 saturated carbocycles. The van der Waals surface area contributed by atoms with Gasteiger partial charge in [0.05, 0.1) is 0 Å². The van der Waals surface area contributed by atoms with Crippen LogP contribution in [-0.4, -0.2) is 17.4 Å². The van der Waals surface area contributed by atoms with Gasteiger partial charge in [0.15, 0.2) is 5.60 Å². The summed E-state index contributed by atoms with van der Waals surface area (Å²) < 4.78 is 45.1. The molecular formula is C33H34F3OP. The maximum atomic E-state index is 15.0. The smallest absolute Gasteiger partial charge is 0.376 e. The van der Waals surface area contributed by atoms with E-state index in [0.717, 1.165) is 77.0 Å². The number of halogens is 3. The first kappa shape index (κ1) is 24.9. The van der Waals surface area contributed by atoms with Crippen molar-refractivity contribution in [1.82, 2.24) is 0 Å². The minimum absolute atomic E-state index is 0.0338. The summed E-state index contributed by atoms with van der Waals surface area (Å²) in [5, 5.41) is 14.2. The Morgan fingerprint density at radius 2 is 1.00 bits per heavy atom. The second-order valence-corrected chi connectivity index (χ2v) is 13.8. The van der Waals surface area contributed by atoms with Crippen molar-refractivity contribution in [2.45, 2.75) is 88.8 Å². The topological polar surface area (TPSA) is 20.2 Å². The SMILES string of the molecule is OC(CP(c1c2c(cc3c1CCC3)CCC2)c1c2c(cc3c1CCC3)CCC2)(c1ccccc1)C(F)(F)F. The number of fused-ring (bicyclic) bond motifs is 4. The zero-order valence-corrected chi connectivity index (χ0v) is 22.7. The van der Waals surface area contributed by atoms with Crippen molar-refractivity contribution in [2.24, 2.45) is 0 Å². The monoisotopic (exact) mass is 534 g/mol. The Bertz CT molecular complexity index is 1270. The van der Waals surface area contributed by atoms with E-state index in [0.29, 0.717) is 0 Å². The number of benzene rings is 3. The molecule has 1 atom stereocenters. The average molecular weight is 535 g/mol. The van der Waals surface area contributed by atoms with Crippen LogP contribution in [0.2, 0.25) is 0 Å². The summed E-state index contributed by atoms with van der Waals surface area (Å²) in [6.07, 6.45) is 7.10. The van der Waals surface area contributed by atoms with Crippen LogP contribution in [0.25, 0.3) is 0 Å².